The van der Waals surface area contributed by atoms with Crippen LogP contribution in [-0.4, -0.2) is 54.0 Å². The van der Waals surface area contributed by atoms with E-state index in [0.717, 1.165) is 12.8 Å². The summed E-state index contributed by atoms with van der Waals surface area (Å²) in [6.45, 7) is 2.98. The van der Waals surface area contributed by atoms with E-state index in [-0.39, 0.29) is 29.2 Å². The van der Waals surface area contributed by atoms with Gasteiger partial charge < -0.3 is 9.42 Å². The molecular weight excluding hydrogens is 294 g/mol. The van der Waals surface area contributed by atoms with E-state index in [9.17, 15) is 13.2 Å². The Bertz CT molecular complexity index is 640. The van der Waals surface area contributed by atoms with Crippen LogP contribution in [0.5, 0.6) is 0 Å². The first kappa shape index (κ1) is 14.5. The van der Waals surface area contributed by atoms with Crippen molar-refractivity contribution in [1.82, 2.24) is 15.0 Å². The van der Waals surface area contributed by atoms with Gasteiger partial charge in [0.25, 0.3) is 0 Å². The van der Waals surface area contributed by atoms with E-state index < -0.39 is 9.84 Å². The molecule has 1 amide bonds. The Morgan fingerprint density at radius 1 is 1.38 bits per heavy atom. The lowest BCUT2D eigenvalue weighted by molar-refractivity contribution is -0.136. The molecular formula is C13H19N3O4S. The van der Waals surface area contributed by atoms with Crippen molar-refractivity contribution in [3.8, 4) is 0 Å². The Morgan fingerprint density at radius 2 is 2.19 bits per heavy atom. The van der Waals surface area contributed by atoms with Gasteiger partial charge in [-0.2, -0.15) is 4.98 Å². The number of carbonyl (C=O) groups excluding carboxylic acids is 1. The number of nitrogens with zero attached hydrogens (tertiary/aromatic N) is 3. The van der Waals surface area contributed by atoms with Crippen molar-refractivity contribution in [2.45, 2.75) is 32.1 Å². The summed E-state index contributed by atoms with van der Waals surface area (Å²) in [5.74, 6) is 0.924. The molecule has 8 heteroatoms. The van der Waals surface area contributed by atoms with E-state index in [4.69, 9.17) is 4.52 Å². The molecule has 2 aliphatic heterocycles. The van der Waals surface area contributed by atoms with Crippen molar-refractivity contribution >= 4 is 15.7 Å². The van der Waals surface area contributed by atoms with Gasteiger partial charge >= 0.3 is 0 Å². The third kappa shape index (κ3) is 3.09. The van der Waals surface area contributed by atoms with Crippen LogP contribution in [0, 0.1) is 12.8 Å². The summed E-state index contributed by atoms with van der Waals surface area (Å²) in [5, 5.41) is 3.79. The standard InChI is InChI=1S/C13H19N3O4S/c1-9-14-12(20-15-9)10-3-2-5-16(7-10)13(17)11-4-6-21(18,19)8-11/h10-11H,2-8H2,1H3/t10-,11-/m0/s1. The fraction of sp³-hybridized carbons (Fsp3) is 0.769. The maximum atomic E-state index is 12.5. The fourth-order valence-electron chi connectivity index (χ4n) is 3.11. The quantitative estimate of drug-likeness (QED) is 0.790. The first-order chi connectivity index (χ1) is 9.94. The lowest BCUT2D eigenvalue weighted by Gasteiger charge is -2.32. The monoisotopic (exact) mass is 313 g/mol. The molecule has 0 saturated carbocycles. The Kier molecular flexibility index (Phi) is 3.73. The van der Waals surface area contributed by atoms with E-state index in [2.05, 4.69) is 10.1 Å². The molecule has 2 saturated heterocycles. The van der Waals surface area contributed by atoms with Crippen molar-refractivity contribution in [2.24, 2.45) is 5.92 Å². The third-order valence-corrected chi connectivity index (χ3v) is 5.98. The summed E-state index contributed by atoms with van der Waals surface area (Å²) in [6, 6.07) is 0. The van der Waals surface area contributed by atoms with E-state index in [1.54, 1.807) is 11.8 Å². The number of carbonyl (C=O) groups is 1. The molecule has 0 aliphatic carbocycles. The minimum atomic E-state index is -3.03. The van der Waals surface area contributed by atoms with Crippen molar-refractivity contribution in [3.05, 3.63) is 11.7 Å². The zero-order valence-corrected chi connectivity index (χ0v) is 12.8. The number of amides is 1. The first-order valence-corrected chi connectivity index (χ1v) is 9.06. The van der Waals surface area contributed by atoms with Gasteiger partial charge in [0.1, 0.15) is 0 Å². The maximum absolute atomic E-state index is 12.5. The summed E-state index contributed by atoms with van der Waals surface area (Å²) < 4.78 is 28.2. The van der Waals surface area contributed by atoms with Gasteiger partial charge in [0.05, 0.1) is 23.3 Å². The predicted molar refractivity (Wildman–Crippen MR) is 74.4 cm³/mol. The summed E-state index contributed by atoms with van der Waals surface area (Å²) in [4.78, 5) is 18.5. The largest absolute Gasteiger partial charge is 0.342 e. The Balaban J connectivity index is 1.67. The second-order valence-electron chi connectivity index (χ2n) is 5.90. The van der Waals surface area contributed by atoms with Gasteiger partial charge in [-0.05, 0) is 26.2 Å². The van der Waals surface area contributed by atoms with Gasteiger partial charge in [-0.25, -0.2) is 8.42 Å². The van der Waals surface area contributed by atoms with Crippen LogP contribution < -0.4 is 0 Å². The zero-order chi connectivity index (χ0) is 15.0. The molecule has 1 aromatic rings. The highest BCUT2D eigenvalue weighted by atomic mass is 32.2. The highest BCUT2D eigenvalue weighted by Crippen LogP contribution is 2.28. The fourth-order valence-corrected chi connectivity index (χ4v) is 4.84. The highest BCUT2D eigenvalue weighted by molar-refractivity contribution is 7.91. The lowest BCUT2D eigenvalue weighted by atomic mass is 9.96. The Labute approximate surface area is 123 Å². The van der Waals surface area contributed by atoms with E-state index in [1.807, 2.05) is 0 Å². The molecule has 2 atom stereocenters. The molecule has 1 aromatic heterocycles. The maximum Gasteiger partial charge on any atom is 0.231 e. The number of sulfone groups is 1. The van der Waals surface area contributed by atoms with E-state index >= 15 is 0 Å². The van der Waals surface area contributed by atoms with Crippen LogP contribution >= 0.6 is 0 Å². The predicted octanol–water partition coefficient (Wildman–Crippen LogP) is 0.519. The average Bonchev–Trinajstić information content (AvgIpc) is 3.04. The van der Waals surface area contributed by atoms with Crippen LogP contribution in [0.2, 0.25) is 0 Å². The molecule has 0 radical (unpaired) electrons. The lowest BCUT2D eigenvalue weighted by Crippen LogP contribution is -2.42. The molecule has 3 heterocycles. The number of aromatic nitrogens is 2. The molecule has 21 heavy (non-hydrogen) atoms. The molecule has 116 valence electrons. The minimum Gasteiger partial charge on any atom is -0.342 e. The van der Waals surface area contributed by atoms with Gasteiger partial charge in [0, 0.05) is 13.1 Å². The van der Waals surface area contributed by atoms with Gasteiger partial charge in [-0.1, -0.05) is 5.16 Å². The SMILES string of the molecule is Cc1noc([C@H]2CCCN(C(=O)[C@H]3CCS(=O)(=O)C3)C2)n1. The number of likely N-dealkylation sites (tertiary alicyclic amines) is 1. The Morgan fingerprint density at radius 3 is 2.81 bits per heavy atom. The number of hydrogen-bond donors (Lipinski definition) is 0. The summed E-state index contributed by atoms with van der Waals surface area (Å²) >= 11 is 0. The van der Waals surface area contributed by atoms with Gasteiger partial charge in [0.2, 0.25) is 11.8 Å². The number of rotatable bonds is 2. The summed E-state index contributed by atoms with van der Waals surface area (Å²) in [7, 11) is -3.03. The van der Waals surface area contributed by atoms with Crippen LogP contribution in [0.15, 0.2) is 4.52 Å². The molecule has 2 fully saturated rings. The smallest absolute Gasteiger partial charge is 0.231 e. The average molecular weight is 313 g/mol. The third-order valence-electron chi connectivity index (χ3n) is 4.21. The van der Waals surface area contributed by atoms with Crippen LogP contribution in [-0.2, 0) is 14.6 Å². The van der Waals surface area contributed by atoms with Crippen molar-refractivity contribution in [2.75, 3.05) is 24.6 Å². The van der Waals surface area contributed by atoms with Crippen molar-refractivity contribution in [3.63, 3.8) is 0 Å². The topological polar surface area (TPSA) is 93.4 Å². The van der Waals surface area contributed by atoms with E-state index in [1.165, 1.54) is 0 Å². The van der Waals surface area contributed by atoms with Crippen LogP contribution in [0.4, 0.5) is 0 Å². The van der Waals surface area contributed by atoms with Crippen LogP contribution in [0.3, 0.4) is 0 Å². The van der Waals surface area contributed by atoms with Gasteiger partial charge in [-0.15, -0.1) is 0 Å². The second kappa shape index (κ2) is 5.40. The molecule has 7 nitrogen and oxygen atoms in total. The summed E-state index contributed by atoms with van der Waals surface area (Å²) in [5.41, 5.74) is 0. The first-order valence-electron chi connectivity index (χ1n) is 7.24. The van der Waals surface area contributed by atoms with E-state index in [0.29, 0.717) is 31.2 Å². The molecule has 0 bridgehead atoms. The van der Waals surface area contributed by atoms with Crippen molar-refractivity contribution < 1.29 is 17.7 Å². The highest BCUT2D eigenvalue weighted by Gasteiger charge is 2.37. The molecule has 0 unspecified atom stereocenters. The van der Waals surface area contributed by atoms with Gasteiger partial charge in [-0.3, -0.25) is 4.79 Å². The second-order valence-corrected chi connectivity index (χ2v) is 8.13. The number of aryl methyl sites for hydroxylation is 1. The number of piperidine rings is 1. The zero-order valence-electron chi connectivity index (χ0n) is 12.0. The molecule has 0 spiro atoms. The number of hydrogen-bond acceptors (Lipinski definition) is 6. The molecule has 0 aromatic carbocycles. The molecule has 3 rings (SSSR count). The normalized spacial score (nSPS) is 28.7. The minimum absolute atomic E-state index is 0.00728. The van der Waals surface area contributed by atoms with Crippen LogP contribution in [0.1, 0.15) is 36.9 Å². The summed E-state index contributed by atoms with van der Waals surface area (Å²) in [6.07, 6.45) is 2.23. The van der Waals surface area contributed by atoms with Crippen molar-refractivity contribution in [1.29, 1.82) is 0 Å². The van der Waals surface area contributed by atoms with Gasteiger partial charge in [0.15, 0.2) is 15.7 Å². The molecule has 0 N–H and O–H groups in total. The molecule has 2 aliphatic rings. The van der Waals surface area contributed by atoms with Crippen LogP contribution in [0.25, 0.3) is 0 Å². The Hall–Kier alpha value is -1.44.